The smallest absolute Gasteiger partial charge is 0.254 e. The lowest BCUT2D eigenvalue weighted by Gasteiger charge is -2.16. The van der Waals surface area contributed by atoms with Crippen molar-refractivity contribution in [1.82, 2.24) is 14.6 Å². The molecule has 1 aromatic carbocycles. The second kappa shape index (κ2) is 5.73. The Labute approximate surface area is 143 Å². The summed E-state index contributed by atoms with van der Waals surface area (Å²) in [6.45, 7) is 5.15. The molecule has 0 unspecified atom stereocenters. The monoisotopic (exact) mass is 343 g/mol. The van der Waals surface area contributed by atoms with E-state index in [2.05, 4.69) is 10.1 Å². The van der Waals surface area contributed by atoms with Crippen LogP contribution in [-0.4, -0.2) is 25.6 Å². The number of nitrogens with zero attached hydrogens (tertiary/aromatic N) is 3. The van der Waals surface area contributed by atoms with Gasteiger partial charge in [0.1, 0.15) is 5.56 Å². The molecule has 2 heterocycles. The van der Waals surface area contributed by atoms with E-state index in [0.717, 1.165) is 0 Å². The van der Waals surface area contributed by atoms with Crippen molar-refractivity contribution < 1.29 is 14.3 Å². The van der Waals surface area contributed by atoms with Gasteiger partial charge < -0.3 is 16.6 Å². The summed E-state index contributed by atoms with van der Waals surface area (Å²) in [6.07, 6.45) is 2.18. The molecular formula is C17H18FN5O2. The van der Waals surface area contributed by atoms with Gasteiger partial charge in [-0.1, -0.05) is 6.92 Å². The first-order chi connectivity index (χ1) is 11.8. The van der Waals surface area contributed by atoms with Crippen molar-refractivity contribution in [2.24, 2.45) is 5.73 Å². The molecule has 0 aliphatic rings. The second-order valence-electron chi connectivity index (χ2n) is 5.87. The first-order valence-corrected chi connectivity index (χ1v) is 7.72. The first kappa shape index (κ1) is 16.7. The fourth-order valence-corrected chi connectivity index (χ4v) is 3.01. The molecule has 0 aliphatic carbocycles. The van der Waals surface area contributed by atoms with Gasteiger partial charge in [-0.3, -0.25) is 4.79 Å². The number of rotatable bonds is 3. The molecule has 3 rings (SSSR count). The maximum atomic E-state index is 13.8. The van der Waals surface area contributed by atoms with Gasteiger partial charge in [-0.25, -0.2) is 13.9 Å². The maximum absolute atomic E-state index is 13.8. The molecule has 0 saturated heterocycles. The van der Waals surface area contributed by atoms with E-state index in [9.17, 15) is 14.3 Å². The van der Waals surface area contributed by atoms with Gasteiger partial charge in [0.15, 0.2) is 23.0 Å². The summed E-state index contributed by atoms with van der Waals surface area (Å²) in [7, 11) is 0. The predicted molar refractivity (Wildman–Crippen MR) is 91.8 cm³/mol. The minimum atomic E-state index is -0.735. The standard InChI is InChI=1S/C17H18FN5O2/c1-4-11-21-17-13(16(20)25)14(19)9(6-23(17)22-11)12-7(2)5-10(18)15(24)8(12)3/h5-6,24H,4,19H2,1-3H3,(H2,20,25). The molecule has 0 radical (unpaired) electrons. The fraction of sp³-hybridized carbons (Fsp3) is 0.235. The summed E-state index contributed by atoms with van der Waals surface area (Å²) in [5.74, 6) is -1.38. The fourth-order valence-electron chi connectivity index (χ4n) is 3.01. The number of pyridine rings is 1. The van der Waals surface area contributed by atoms with Gasteiger partial charge in [-0.05, 0) is 31.0 Å². The van der Waals surface area contributed by atoms with Crippen molar-refractivity contribution in [3.05, 3.63) is 40.6 Å². The van der Waals surface area contributed by atoms with Crippen LogP contribution in [0.1, 0.15) is 34.2 Å². The Hall–Kier alpha value is -3.16. The molecule has 1 amide bonds. The quantitative estimate of drug-likeness (QED) is 0.673. The Morgan fingerprint density at radius 3 is 2.68 bits per heavy atom. The third-order valence-electron chi connectivity index (χ3n) is 4.24. The molecule has 130 valence electrons. The Morgan fingerprint density at radius 1 is 1.40 bits per heavy atom. The highest BCUT2D eigenvalue weighted by atomic mass is 19.1. The largest absolute Gasteiger partial charge is 0.505 e. The number of primary amides is 1. The SMILES string of the molecule is CCc1nc2c(C(N)=O)c(N)c(-c3c(C)cc(F)c(O)c3C)cn2n1. The Balaban J connectivity index is 2.44. The van der Waals surface area contributed by atoms with Gasteiger partial charge in [0.05, 0.1) is 5.69 Å². The van der Waals surface area contributed by atoms with Crippen molar-refractivity contribution >= 4 is 17.2 Å². The minimum Gasteiger partial charge on any atom is -0.505 e. The number of anilines is 1. The van der Waals surface area contributed by atoms with E-state index in [1.807, 2.05) is 6.92 Å². The highest BCUT2D eigenvalue weighted by molar-refractivity contribution is 6.07. The van der Waals surface area contributed by atoms with Gasteiger partial charge in [0, 0.05) is 23.7 Å². The number of benzene rings is 1. The van der Waals surface area contributed by atoms with Gasteiger partial charge in [-0.2, -0.15) is 5.10 Å². The van der Waals surface area contributed by atoms with Gasteiger partial charge >= 0.3 is 0 Å². The normalized spacial score (nSPS) is 11.2. The Morgan fingerprint density at radius 2 is 2.08 bits per heavy atom. The number of amides is 1. The zero-order valence-corrected chi connectivity index (χ0v) is 14.1. The van der Waals surface area contributed by atoms with Crippen LogP contribution in [-0.2, 0) is 6.42 Å². The number of nitrogen functional groups attached to an aromatic ring is 1. The number of nitrogens with two attached hydrogens (primary N) is 2. The van der Waals surface area contributed by atoms with Crippen molar-refractivity contribution in [3.8, 4) is 16.9 Å². The third kappa shape index (κ3) is 2.46. The number of carbonyl (C=O) groups excluding carboxylic acids is 1. The van der Waals surface area contributed by atoms with Crippen molar-refractivity contribution in [3.63, 3.8) is 0 Å². The molecule has 2 aromatic heterocycles. The van der Waals surface area contributed by atoms with Crippen LogP contribution in [0.3, 0.4) is 0 Å². The number of halogens is 1. The first-order valence-electron chi connectivity index (χ1n) is 7.72. The number of phenols is 1. The van der Waals surface area contributed by atoms with Crippen molar-refractivity contribution in [2.45, 2.75) is 27.2 Å². The zero-order valence-electron chi connectivity index (χ0n) is 14.1. The molecule has 8 heteroatoms. The molecule has 0 spiro atoms. The summed E-state index contributed by atoms with van der Waals surface area (Å²) in [6, 6.07) is 1.21. The van der Waals surface area contributed by atoms with Crippen LogP contribution in [0.25, 0.3) is 16.8 Å². The van der Waals surface area contributed by atoms with Crippen LogP contribution in [0, 0.1) is 19.7 Å². The van der Waals surface area contributed by atoms with Crippen LogP contribution in [0.4, 0.5) is 10.1 Å². The summed E-state index contributed by atoms with van der Waals surface area (Å²) in [5.41, 5.74) is 14.0. The van der Waals surface area contributed by atoms with E-state index in [1.165, 1.54) is 10.6 Å². The van der Waals surface area contributed by atoms with E-state index in [-0.39, 0.29) is 16.9 Å². The van der Waals surface area contributed by atoms with E-state index in [0.29, 0.717) is 34.5 Å². The lowest BCUT2D eigenvalue weighted by molar-refractivity contribution is 0.100. The average Bonchev–Trinajstić information content (AvgIpc) is 2.95. The van der Waals surface area contributed by atoms with E-state index in [1.54, 1.807) is 20.0 Å². The predicted octanol–water partition coefficient (Wildman–Crippen LogP) is 2.10. The lowest BCUT2D eigenvalue weighted by atomic mass is 9.93. The van der Waals surface area contributed by atoms with Crippen LogP contribution in [0.5, 0.6) is 5.75 Å². The highest BCUT2D eigenvalue weighted by Crippen LogP contribution is 2.39. The van der Waals surface area contributed by atoms with Gasteiger partial charge in [0.2, 0.25) is 0 Å². The van der Waals surface area contributed by atoms with Crippen LogP contribution in [0.15, 0.2) is 12.3 Å². The molecule has 0 aliphatic heterocycles. The van der Waals surface area contributed by atoms with E-state index >= 15 is 0 Å². The number of carbonyl (C=O) groups is 1. The number of hydrogen-bond donors (Lipinski definition) is 3. The van der Waals surface area contributed by atoms with Gasteiger partial charge in [-0.15, -0.1) is 0 Å². The molecule has 0 fully saturated rings. The van der Waals surface area contributed by atoms with Crippen molar-refractivity contribution in [1.29, 1.82) is 0 Å². The maximum Gasteiger partial charge on any atom is 0.254 e. The number of aryl methyl sites for hydroxylation is 2. The number of aromatic hydroxyl groups is 1. The summed E-state index contributed by atoms with van der Waals surface area (Å²) in [4.78, 5) is 16.2. The molecule has 7 nitrogen and oxygen atoms in total. The molecule has 3 aromatic rings. The van der Waals surface area contributed by atoms with Gasteiger partial charge in [0.25, 0.3) is 5.91 Å². The number of aromatic nitrogens is 3. The lowest BCUT2D eigenvalue weighted by Crippen LogP contribution is -2.16. The summed E-state index contributed by atoms with van der Waals surface area (Å²) >= 11 is 0. The van der Waals surface area contributed by atoms with Crippen LogP contribution in [0.2, 0.25) is 0 Å². The Kier molecular flexibility index (Phi) is 3.82. The zero-order chi connectivity index (χ0) is 18.5. The molecule has 5 N–H and O–H groups in total. The second-order valence-corrected chi connectivity index (χ2v) is 5.87. The topological polar surface area (TPSA) is 120 Å². The molecule has 25 heavy (non-hydrogen) atoms. The summed E-state index contributed by atoms with van der Waals surface area (Å²) < 4.78 is 15.2. The van der Waals surface area contributed by atoms with E-state index < -0.39 is 17.5 Å². The number of phenolic OH excluding ortho intramolecular Hbond substituents is 1. The average molecular weight is 343 g/mol. The number of fused-ring (bicyclic) bond motifs is 1. The minimum absolute atomic E-state index is 0.0484. The van der Waals surface area contributed by atoms with Crippen molar-refractivity contribution in [2.75, 3.05) is 5.73 Å². The van der Waals surface area contributed by atoms with Crippen LogP contribution < -0.4 is 11.5 Å². The molecular weight excluding hydrogens is 325 g/mol. The molecule has 0 bridgehead atoms. The van der Waals surface area contributed by atoms with Crippen LogP contribution >= 0.6 is 0 Å². The summed E-state index contributed by atoms with van der Waals surface area (Å²) in [5, 5.41) is 14.3. The third-order valence-corrected chi connectivity index (χ3v) is 4.24. The van der Waals surface area contributed by atoms with E-state index in [4.69, 9.17) is 11.5 Å². The highest BCUT2D eigenvalue weighted by Gasteiger charge is 2.23. The molecule has 0 saturated carbocycles. The number of hydrogen-bond acceptors (Lipinski definition) is 5. The Bertz CT molecular complexity index is 1030. The molecule has 0 atom stereocenters.